The SMILES string of the molecule is COc1cc(NC(=O)C=CCN(C)C)cc(-c2cnc3c(c2)c(-c2ccnc(F)c2)cn3COC(C)=O)c1. The third kappa shape index (κ3) is 6.40. The Labute approximate surface area is 219 Å². The number of hydrogen-bond donors (Lipinski definition) is 1. The van der Waals surface area contributed by atoms with Crippen LogP contribution >= 0.6 is 0 Å². The Bertz CT molecular complexity index is 1510. The molecule has 0 radical (unpaired) electrons. The third-order valence-electron chi connectivity index (χ3n) is 5.64. The van der Waals surface area contributed by atoms with Crippen LogP contribution in [-0.2, 0) is 21.1 Å². The van der Waals surface area contributed by atoms with Crippen LogP contribution in [0.3, 0.4) is 0 Å². The molecule has 38 heavy (non-hydrogen) atoms. The minimum absolute atomic E-state index is 0.0393. The number of esters is 1. The summed E-state index contributed by atoms with van der Waals surface area (Å²) >= 11 is 0. The summed E-state index contributed by atoms with van der Waals surface area (Å²) in [6.07, 6.45) is 8.09. The van der Waals surface area contributed by atoms with Gasteiger partial charge >= 0.3 is 5.97 Å². The third-order valence-corrected chi connectivity index (χ3v) is 5.64. The van der Waals surface area contributed by atoms with Gasteiger partial charge in [-0.1, -0.05) is 6.08 Å². The molecular weight excluding hydrogens is 489 g/mol. The number of likely N-dealkylation sites (N-methyl/N-ethyl adjacent to an activating group) is 1. The highest BCUT2D eigenvalue weighted by Gasteiger charge is 2.15. The summed E-state index contributed by atoms with van der Waals surface area (Å²) in [5.74, 6) is -0.744. The number of carbonyl (C=O) groups excluding carboxylic acids is 2. The van der Waals surface area contributed by atoms with E-state index < -0.39 is 11.9 Å². The van der Waals surface area contributed by atoms with Crippen molar-refractivity contribution in [3.8, 4) is 28.0 Å². The molecule has 9 nitrogen and oxygen atoms in total. The monoisotopic (exact) mass is 517 g/mol. The quantitative estimate of drug-likeness (QED) is 0.198. The molecule has 0 saturated carbocycles. The van der Waals surface area contributed by atoms with Gasteiger partial charge in [-0.3, -0.25) is 14.2 Å². The van der Waals surface area contributed by atoms with Gasteiger partial charge in [-0.05, 0) is 49.5 Å². The molecule has 10 heteroatoms. The number of amides is 1. The maximum Gasteiger partial charge on any atom is 0.304 e. The second kappa shape index (κ2) is 11.7. The van der Waals surface area contributed by atoms with Gasteiger partial charge in [0.05, 0.1) is 7.11 Å². The number of aromatic nitrogens is 3. The first-order valence-corrected chi connectivity index (χ1v) is 11.8. The average molecular weight is 518 g/mol. The predicted molar refractivity (Wildman–Crippen MR) is 143 cm³/mol. The molecule has 0 unspecified atom stereocenters. The van der Waals surface area contributed by atoms with Crippen LogP contribution < -0.4 is 10.1 Å². The number of halogens is 1. The van der Waals surface area contributed by atoms with E-state index in [1.165, 1.54) is 25.3 Å². The minimum Gasteiger partial charge on any atom is -0.497 e. The number of fused-ring (bicyclic) bond motifs is 1. The number of methoxy groups -OCH3 is 1. The molecule has 0 atom stereocenters. The molecule has 1 aromatic carbocycles. The Morgan fingerprint density at radius 3 is 2.63 bits per heavy atom. The van der Waals surface area contributed by atoms with Crippen molar-refractivity contribution in [3.63, 3.8) is 0 Å². The van der Waals surface area contributed by atoms with Crippen LogP contribution in [0.1, 0.15) is 6.92 Å². The van der Waals surface area contributed by atoms with Crippen molar-refractivity contribution in [2.75, 3.05) is 33.1 Å². The topological polar surface area (TPSA) is 98.6 Å². The van der Waals surface area contributed by atoms with Gasteiger partial charge < -0.3 is 19.7 Å². The van der Waals surface area contributed by atoms with Crippen molar-refractivity contribution >= 4 is 28.6 Å². The first-order chi connectivity index (χ1) is 18.2. The Morgan fingerprint density at radius 1 is 1.11 bits per heavy atom. The van der Waals surface area contributed by atoms with Gasteiger partial charge in [0.15, 0.2) is 6.73 Å². The highest BCUT2D eigenvalue weighted by atomic mass is 19.1. The van der Waals surface area contributed by atoms with Gasteiger partial charge in [0.2, 0.25) is 11.9 Å². The number of nitrogens with one attached hydrogen (secondary N) is 1. The zero-order valence-electron chi connectivity index (χ0n) is 21.6. The van der Waals surface area contributed by atoms with Gasteiger partial charge in [0.25, 0.3) is 0 Å². The minimum atomic E-state index is -0.611. The summed E-state index contributed by atoms with van der Waals surface area (Å²) in [6.45, 7) is 1.93. The molecule has 1 N–H and O–H groups in total. The molecule has 196 valence electrons. The van der Waals surface area contributed by atoms with Crippen LogP contribution in [-0.4, -0.2) is 59.1 Å². The summed E-state index contributed by atoms with van der Waals surface area (Å²) in [4.78, 5) is 34.0. The molecule has 4 aromatic rings. The van der Waals surface area contributed by atoms with Crippen LogP contribution in [0.2, 0.25) is 0 Å². The molecular formula is C28H28FN5O4. The normalized spacial score (nSPS) is 11.3. The largest absolute Gasteiger partial charge is 0.497 e. The predicted octanol–water partition coefficient (Wildman–Crippen LogP) is 4.49. The smallest absolute Gasteiger partial charge is 0.304 e. The highest BCUT2D eigenvalue weighted by molar-refractivity contribution is 6.00. The van der Waals surface area contributed by atoms with Crippen LogP contribution in [0, 0.1) is 5.95 Å². The zero-order chi connectivity index (χ0) is 27.2. The number of pyridine rings is 2. The number of nitrogens with zero attached hydrogens (tertiary/aromatic N) is 4. The van der Waals surface area contributed by atoms with E-state index in [4.69, 9.17) is 9.47 Å². The lowest BCUT2D eigenvalue weighted by molar-refractivity contribution is -0.144. The summed E-state index contributed by atoms with van der Waals surface area (Å²) in [6, 6.07) is 10.3. The molecule has 3 aromatic heterocycles. The van der Waals surface area contributed by atoms with Crippen LogP contribution in [0.25, 0.3) is 33.3 Å². The number of benzene rings is 1. The van der Waals surface area contributed by atoms with Crippen molar-refractivity contribution in [2.24, 2.45) is 0 Å². The highest BCUT2D eigenvalue weighted by Crippen LogP contribution is 2.35. The van der Waals surface area contributed by atoms with Crippen molar-refractivity contribution in [2.45, 2.75) is 13.7 Å². The fraction of sp³-hybridized carbons (Fsp3) is 0.214. The maximum atomic E-state index is 13.9. The Morgan fingerprint density at radius 2 is 1.92 bits per heavy atom. The van der Waals surface area contributed by atoms with Crippen LogP contribution in [0.5, 0.6) is 5.75 Å². The van der Waals surface area contributed by atoms with Crippen molar-refractivity contribution in [3.05, 3.63) is 73.1 Å². The summed E-state index contributed by atoms with van der Waals surface area (Å²) in [7, 11) is 5.39. The first-order valence-electron chi connectivity index (χ1n) is 11.8. The number of ether oxygens (including phenoxy) is 2. The molecule has 0 saturated heterocycles. The zero-order valence-corrected chi connectivity index (χ0v) is 21.6. The standard InChI is InChI=1S/C28H28FN5O4/c1-18(35)38-17-34-16-25(19-7-8-30-26(29)13-19)24-12-21(15-31-28(24)34)20-10-22(14-23(11-20)37-4)32-27(36)6-5-9-33(2)3/h5-8,10-16H,9,17H2,1-4H3,(H,32,36). The van der Waals surface area contributed by atoms with E-state index in [9.17, 15) is 14.0 Å². The molecule has 3 heterocycles. The Kier molecular flexibility index (Phi) is 8.12. The lowest BCUT2D eigenvalue weighted by Crippen LogP contribution is -2.13. The lowest BCUT2D eigenvalue weighted by Gasteiger charge is -2.11. The molecule has 0 aliphatic carbocycles. The fourth-order valence-electron chi connectivity index (χ4n) is 3.90. The number of rotatable bonds is 9. The maximum absolute atomic E-state index is 13.9. The van der Waals surface area contributed by atoms with Gasteiger partial charge in [0.1, 0.15) is 11.4 Å². The lowest BCUT2D eigenvalue weighted by atomic mass is 10.0. The molecule has 0 fully saturated rings. The first kappa shape index (κ1) is 26.5. The van der Waals surface area contributed by atoms with Crippen LogP contribution in [0.4, 0.5) is 10.1 Å². The number of carbonyl (C=O) groups is 2. The molecule has 0 aliphatic heterocycles. The molecule has 0 bridgehead atoms. The average Bonchev–Trinajstić information content (AvgIpc) is 3.25. The van der Waals surface area contributed by atoms with E-state index in [0.717, 1.165) is 16.5 Å². The fourth-order valence-corrected chi connectivity index (χ4v) is 3.90. The Hall–Kier alpha value is -4.57. The van der Waals surface area contributed by atoms with E-state index in [1.807, 2.05) is 37.2 Å². The number of hydrogen-bond acceptors (Lipinski definition) is 7. The molecule has 1 amide bonds. The Balaban J connectivity index is 1.76. The molecule has 0 aliphatic rings. The van der Waals surface area contributed by atoms with Gasteiger partial charge in [-0.2, -0.15) is 4.39 Å². The van der Waals surface area contributed by atoms with E-state index in [-0.39, 0.29) is 12.6 Å². The molecule has 0 spiro atoms. The van der Waals surface area contributed by atoms with Crippen molar-refractivity contribution in [1.82, 2.24) is 19.4 Å². The van der Waals surface area contributed by atoms with Gasteiger partial charge in [0, 0.05) is 72.5 Å². The second-order valence-corrected chi connectivity index (χ2v) is 8.84. The van der Waals surface area contributed by atoms with E-state index in [1.54, 1.807) is 42.3 Å². The number of anilines is 1. The van der Waals surface area contributed by atoms with E-state index >= 15 is 0 Å². The van der Waals surface area contributed by atoms with E-state index in [0.29, 0.717) is 34.8 Å². The van der Waals surface area contributed by atoms with Crippen LogP contribution in [0.15, 0.2) is 67.1 Å². The molecule has 4 rings (SSSR count). The second-order valence-electron chi connectivity index (χ2n) is 8.84. The van der Waals surface area contributed by atoms with Gasteiger partial charge in [-0.15, -0.1) is 0 Å². The summed E-state index contributed by atoms with van der Waals surface area (Å²) in [5.41, 5.74) is 3.92. The van der Waals surface area contributed by atoms with Crippen molar-refractivity contribution < 1.29 is 23.5 Å². The van der Waals surface area contributed by atoms with E-state index in [2.05, 4.69) is 15.3 Å². The van der Waals surface area contributed by atoms with Crippen molar-refractivity contribution in [1.29, 1.82) is 0 Å². The van der Waals surface area contributed by atoms with Gasteiger partial charge in [-0.25, -0.2) is 9.97 Å². The summed E-state index contributed by atoms with van der Waals surface area (Å²) in [5, 5.41) is 3.59. The summed E-state index contributed by atoms with van der Waals surface area (Å²) < 4.78 is 26.3.